The van der Waals surface area contributed by atoms with Gasteiger partial charge in [0, 0.05) is 31.0 Å². The van der Waals surface area contributed by atoms with Crippen molar-refractivity contribution >= 4 is 16.9 Å². The number of nitrogens with one attached hydrogen (secondary N) is 1. The number of likely N-dealkylation sites (N-methyl/N-ethyl adjacent to an activating group) is 1. The van der Waals surface area contributed by atoms with E-state index in [0.717, 1.165) is 17.5 Å². The van der Waals surface area contributed by atoms with Gasteiger partial charge < -0.3 is 9.88 Å². The summed E-state index contributed by atoms with van der Waals surface area (Å²) in [5, 5.41) is 0. The zero-order valence-corrected chi connectivity index (χ0v) is 12.5. The summed E-state index contributed by atoms with van der Waals surface area (Å²) >= 11 is 0. The number of hydrogen-bond acceptors (Lipinski definition) is 3. The van der Waals surface area contributed by atoms with Gasteiger partial charge >= 0.3 is 0 Å². The minimum absolute atomic E-state index is 0.0491. The van der Waals surface area contributed by atoms with Gasteiger partial charge in [0.05, 0.1) is 17.4 Å². The predicted molar refractivity (Wildman–Crippen MR) is 85.6 cm³/mol. The number of aromatic nitrogens is 3. The van der Waals surface area contributed by atoms with Crippen LogP contribution in [0.5, 0.6) is 0 Å². The van der Waals surface area contributed by atoms with E-state index in [4.69, 9.17) is 0 Å². The van der Waals surface area contributed by atoms with Crippen molar-refractivity contribution in [1.82, 2.24) is 19.9 Å². The molecule has 0 aliphatic carbocycles. The maximum absolute atomic E-state index is 12.6. The number of carbonyl (C=O) groups is 1. The molecule has 5 nitrogen and oxygen atoms in total. The average Bonchev–Trinajstić information content (AvgIpc) is 3.03. The van der Waals surface area contributed by atoms with Crippen LogP contribution in [0.1, 0.15) is 22.8 Å². The van der Waals surface area contributed by atoms with Crippen molar-refractivity contribution in [2.24, 2.45) is 0 Å². The van der Waals surface area contributed by atoms with Crippen LogP contribution < -0.4 is 0 Å². The maximum Gasteiger partial charge on any atom is 0.253 e. The van der Waals surface area contributed by atoms with Gasteiger partial charge in [-0.05, 0) is 49.2 Å². The van der Waals surface area contributed by atoms with Crippen molar-refractivity contribution in [3.8, 4) is 0 Å². The molecule has 0 fully saturated rings. The highest BCUT2D eigenvalue weighted by atomic mass is 16.2. The summed E-state index contributed by atoms with van der Waals surface area (Å²) in [6, 6.07) is 9.53. The Morgan fingerprint density at radius 2 is 2.05 bits per heavy atom. The topological polar surface area (TPSA) is 61.9 Å². The third-order valence-electron chi connectivity index (χ3n) is 3.76. The van der Waals surface area contributed by atoms with Crippen LogP contribution in [-0.4, -0.2) is 38.8 Å². The molecular weight excluding hydrogens is 276 g/mol. The lowest BCUT2D eigenvalue weighted by Crippen LogP contribution is -2.32. The molecule has 22 heavy (non-hydrogen) atoms. The molecule has 112 valence electrons. The van der Waals surface area contributed by atoms with E-state index >= 15 is 0 Å². The fourth-order valence-electron chi connectivity index (χ4n) is 2.47. The molecule has 0 aliphatic heterocycles. The van der Waals surface area contributed by atoms with Gasteiger partial charge in [-0.15, -0.1) is 0 Å². The van der Waals surface area contributed by atoms with Crippen molar-refractivity contribution in [3.05, 3.63) is 60.2 Å². The van der Waals surface area contributed by atoms with Gasteiger partial charge in [-0.25, -0.2) is 4.98 Å². The second-order valence-electron chi connectivity index (χ2n) is 5.12. The second kappa shape index (κ2) is 6.39. The summed E-state index contributed by atoms with van der Waals surface area (Å²) in [5.74, 6) is 0.0491. The number of benzene rings is 1. The minimum Gasteiger partial charge on any atom is -0.345 e. The third-order valence-corrected chi connectivity index (χ3v) is 3.76. The molecule has 0 bridgehead atoms. The molecule has 2 aromatic heterocycles. The van der Waals surface area contributed by atoms with E-state index in [1.165, 1.54) is 5.56 Å². The van der Waals surface area contributed by atoms with Crippen molar-refractivity contribution in [2.75, 3.05) is 13.1 Å². The first kappa shape index (κ1) is 14.3. The van der Waals surface area contributed by atoms with Crippen molar-refractivity contribution < 1.29 is 4.79 Å². The summed E-state index contributed by atoms with van der Waals surface area (Å²) in [5.41, 5.74) is 3.63. The normalized spacial score (nSPS) is 10.8. The van der Waals surface area contributed by atoms with E-state index in [0.29, 0.717) is 18.7 Å². The van der Waals surface area contributed by atoms with Crippen molar-refractivity contribution in [2.45, 2.75) is 13.3 Å². The molecule has 2 heterocycles. The van der Waals surface area contributed by atoms with Gasteiger partial charge in [-0.2, -0.15) is 0 Å². The van der Waals surface area contributed by atoms with Gasteiger partial charge in [0.1, 0.15) is 0 Å². The van der Waals surface area contributed by atoms with Crippen LogP contribution >= 0.6 is 0 Å². The Morgan fingerprint density at radius 3 is 2.82 bits per heavy atom. The van der Waals surface area contributed by atoms with Crippen LogP contribution in [0.25, 0.3) is 11.0 Å². The van der Waals surface area contributed by atoms with Crippen LogP contribution in [-0.2, 0) is 6.42 Å². The molecule has 0 atom stereocenters. The molecular formula is C17H18N4O. The predicted octanol–water partition coefficient (Wildman–Crippen LogP) is 2.66. The standard InChI is InChI=1S/C17H18N4O/c1-2-21(10-7-13-5-8-18-9-6-13)17(22)14-3-4-15-16(11-14)20-12-19-15/h3-6,8-9,11-12H,2,7,10H2,1H3,(H,19,20). The number of H-pyrrole nitrogens is 1. The second-order valence-corrected chi connectivity index (χ2v) is 5.12. The highest BCUT2D eigenvalue weighted by molar-refractivity contribution is 5.97. The number of fused-ring (bicyclic) bond motifs is 1. The number of amides is 1. The SMILES string of the molecule is CCN(CCc1ccncc1)C(=O)c1ccc2nc[nH]c2c1. The number of carbonyl (C=O) groups excluding carboxylic acids is 1. The Bertz CT molecular complexity index is 766. The van der Waals surface area contributed by atoms with E-state index < -0.39 is 0 Å². The molecule has 3 rings (SSSR count). The number of imidazole rings is 1. The number of hydrogen-bond donors (Lipinski definition) is 1. The Labute approximate surface area is 129 Å². The number of pyridine rings is 1. The van der Waals surface area contributed by atoms with E-state index in [1.54, 1.807) is 18.7 Å². The smallest absolute Gasteiger partial charge is 0.253 e. The first-order valence-electron chi connectivity index (χ1n) is 7.39. The zero-order chi connectivity index (χ0) is 15.4. The van der Waals surface area contributed by atoms with Crippen LogP contribution in [0.2, 0.25) is 0 Å². The van der Waals surface area contributed by atoms with E-state index in [1.807, 2.05) is 42.2 Å². The highest BCUT2D eigenvalue weighted by Gasteiger charge is 2.14. The van der Waals surface area contributed by atoms with E-state index in [9.17, 15) is 4.79 Å². The Morgan fingerprint density at radius 1 is 1.23 bits per heavy atom. The van der Waals surface area contributed by atoms with Crippen LogP contribution in [0.3, 0.4) is 0 Å². The van der Waals surface area contributed by atoms with Gasteiger partial charge in [-0.1, -0.05) is 0 Å². The average molecular weight is 294 g/mol. The summed E-state index contributed by atoms with van der Waals surface area (Å²) < 4.78 is 0. The molecule has 5 heteroatoms. The maximum atomic E-state index is 12.6. The van der Waals surface area contributed by atoms with Gasteiger partial charge in [0.15, 0.2) is 0 Å². The Balaban J connectivity index is 1.73. The fraction of sp³-hybridized carbons (Fsp3) is 0.235. The molecule has 0 spiro atoms. The van der Waals surface area contributed by atoms with Crippen molar-refractivity contribution in [3.63, 3.8) is 0 Å². The largest absolute Gasteiger partial charge is 0.345 e. The molecule has 0 radical (unpaired) electrons. The van der Waals surface area contributed by atoms with Gasteiger partial charge in [0.25, 0.3) is 5.91 Å². The number of nitrogens with zero attached hydrogens (tertiary/aromatic N) is 3. The molecule has 0 saturated heterocycles. The Kier molecular flexibility index (Phi) is 4.14. The first-order valence-corrected chi connectivity index (χ1v) is 7.39. The number of aromatic amines is 1. The lowest BCUT2D eigenvalue weighted by atomic mass is 10.1. The van der Waals surface area contributed by atoms with Gasteiger partial charge in [-0.3, -0.25) is 9.78 Å². The van der Waals surface area contributed by atoms with Crippen LogP contribution in [0.15, 0.2) is 49.1 Å². The molecule has 0 saturated carbocycles. The zero-order valence-electron chi connectivity index (χ0n) is 12.5. The van der Waals surface area contributed by atoms with E-state index in [2.05, 4.69) is 15.0 Å². The molecule has 1 N–H and O–H groups in total. The molecule has 0 aliphatic rings. The highest BCUT2D eigenvalue weighted by Crippen LogP contribution is 2.14. The molecule has 1 amide bonds. The summed E-state index contributed by atoms with van der Waals surface area (Å²) in [7, 11) is 0. The lowest BCUT2D eigenvalue weighted by Gasteiger charge is -2.21. The molecule has 0 unspecified atom stereocenters. The fourth-order valence-corrected chi connectivity index (χ4v) is 2.47. The Hall–Kier alpha value is -2.69. The van der Waals surface area contributed by atoms with Crippen LogP contribution in [0, 0.1) is 0 Å². The number of rotatable bonds is 5. The van der Waals surface area contributed by atoms with Crippen molar-refractivity contribution in [1.29, 1.82) is 0 Å². The lowest BCUT2D eigenvalue weighted by molar-refractivity contribution is 0.0766. The van der Waals surface area contributed by atoms with Gasteiger partial charge in [0.2, 0.25) is 0 Å². The molecule has 1 aromatic carbocycles. The molecule has 3 aromatic rings. The summed E-state index contributed by atoms with van der Waals surface area (Å²) in [6.45, 7) is 3.38. The van der Waals surface area contributed by atoms with Crippen LogP contribution in [0.4, 0.5) is 0 Å². The summed E-state index contributed by atoms with van der Waals surface area (Å²) in [4.78, 5) is 25.7. The first-order chi connectivity index (χ1) is 10.8. The summed E-state index contributed by atoms with van der Waals surface area (Å²) in [6.07, 6.45) is 6.02. The minimum atomic E-state index is 0.0491. The third kappa shape index (κ3) is 2.98. The monoisotopic (exact) mass is 294 g/mol. The van der Waals surface area contributed by atoms with E-state index in [-0.39, 0.29) is 5.91 Å². The quantitative estimate of drug-likeness (QED) is 0.787.